The van der Waals surface area contributed by atoms with Crippen LogP contribution in [-0.2, 0) is 9.53 Å². The van der Waals surface area contributed by atoms with E-state index in [-0.39, 0.29) is 22.8 Å². The average molecular weight is 416 g/mol. The molecular weight excluding hydrogens is 396 g/mol. The number of rotatable bonds is 4. The zero-order chi connectivity index (χ0) is 21.6. The fraction of sp³-hybridized carbons (Fsp3) is 0.333. The molecule has 0 aromatic heterocycles. The second kappa shape index (κ2) is 7.33. The molecule has 2 heterocycles. The van der Waals surface area contributed by atoms with Crippen LogP contribution >= 0.6 is 0 Å². The second-order valence-electron chi connectivity index (χ2n) is 6.78. The SMILES string of the molecule is COc1cc(O)c2c(c1)O[C@H]1[C@@H](OC(C)=O)Oc3cc(OC)c(OC)cc3[C@@H]1C2=O. The highest BCUT2D eigenvalue weighted by Crippen LogP contribution is 2.50. The predicted molar refractivity (Wildman–Crippen MR) is 102 cm³/mol. The van der Waals surface area contributed by atoms with E-state index in [0.717, 1.165) is 0 Å². The molecule has 9 heteroatoms. The Kier molecular flexibility index (Phi) is 4.81. The molecule has 0 bridgehead atoms. The minimum absolute atomic E-state index is 0.0151. The van der Waals surface area contributed by atoms with Gasteiger partial charge >= 0.3 is 5.97 Å². The molecule has 0 saturated heterocycles. The third-order valence-electron chi connectivity index (χ3n) is 5.06. The maximum atomic E-state index is 13.5. The van der Waals surface area contributed by atoms with E-state index in [1.165, 1.54) is 40.4 Å². The highest BCUT2D eigenvalue weighted by molar-refractivity contribution is 6.07. The molecule has 4 rings (SSSR count). The summed E-state index contributed by atoms with van der Waals surface area (Å²) >= 11 is 0. The number of Topliss-reactive ketones (excluding diaryl/α,β-unsaturated/α-hetero) is 1. The van der Waals surface area contributed by atoms with Crippen LogP contribution in [0.25, 0.3) is 0 Å². The molecule has 158 valence electrons. The van der Waals surface area contributed by atoms with Crippen LogP contribution in [0.15, 0.2) is 24.3 Å². The van der Waals surface area contributed by atoms with Gasteiger partial charge in [0.25, 0.3) is 6.29 Å². The molecule has 0 amide bonds. The molecule has 0 radical (unpaired) electrons. The number of esters is 1. The number of fused-ring (bicyclic) bond motifs is 4. The Morgan fingerprint density at radius 3 is 2.30 bits per heavy atom. The first-order chi connectivity index (χ1) is 14.4. The largest absolute Gasteiger partial charge is 0.507 e. The van der Waals surface area contributed by atoms with E-state index in [0.29, 0.717) is 22.8 Å². The molecule has 0 saturated carbocycles. The van der Waals surface area contributed by atoms with E-state index >= 15 is 0 Å². The van der Waals surface area contributed by atoms with Crippen LogP contribution in [0, 0.1) is 0 Å². The van der Waals surface area contributed by atoms with Crippen molar-refractivity contribution in [2.75, 3.05) is 21.3 Å². The minimum atomic E-state index is -1.19. The van der Waals surface area contributed by atoms with E-state index < -0.39 is 30.1 Å². The summed E-state index contributed by atoms with van der Waals surface area (Å²) in [5.41, 5.74) is 0.480. The van der Waals surface area contributed by atoms with Gasteiger partial charge in [-0.15, -0.1) is 0 Å². The number of phenolic OH excluding ortho intramolecular Hbond substituents is 1. The Hall–Kier alpha value is -3.62. The van der Waals surface area contributed by atoms with E-state index in [1.807, 2.05) is 0 Å². The molecule has 0 unspecified atom stereocenters. The molecule has 3 atom stereocenters. The predicted octanol–water partition coefficient (Wildman–Crippen LogP) is 2.43. The molecule has 0 spiro atoms. The summed E-state index contributed by atoms with van der Waals surface area (Å²) < 4.78 is 32.9. The molecule has 2 aliphatic heterocycles. The van der Waals surface area contributed by atoms with Crippen molar-refractivity contribution in [2.45, 2.75) is 25.2 Å². The van der Waals surface area contributed by atoms with Crippen LogP contribution in [-0.4, -0.2) is 50.6 Å². The molecule has 2 aromatic carbocycles. The maximum absolute atomic E-state index is 13.5. The van der Waals surface area contributed by atoms with E-state index in [9.17, 15) is 14.7 Å². The van der Waals surface area contributed by atoms with Crippen molar-refractivity contribution < 1.29 is 43.1 Å². The number of hydrogen-bond acceptors (Lipinski definition) is 9. The van der Waals surface area contributed by atoms with Crippen molar-refractivity contribution >= 4 is 11.8 Å². The van der Waals surface area contributed by atoms with Crippen molar-refractivity contribution in [3.8, 4) is 34.5 Å². The van der Waals surface area contributed by atoms with E-state index in [1.54, 1.807) is 12.1 Å². The lowest BCUT2D eigenvalue weighted by Gasteiger charge is -2.41. The summed E-state index contributed by atoms with van der Waals surface area (Å²) in [6.07, 6.45) is -2.17. The van der Waals surface area contributed by atoms with Gasteiger partial charge in [0.2, 0.25) is 0 Å². The van der Waals surface area contributed by atoms with Gasteiger partial charge in [-0.1, -0.05) is 0 Å². The Labute approximate surface area is 172 Å². The van der Waals surface area contributed by atoms with Gasteiger partial charge in [0.15, 0.2) is 23.4 Å². The van der Waals surface area contributed by atoms with Crippen LogP contribution < -0.4 is 23.7 Å². The lowest BCUT2D eigenvalue weighted by molar-refractivity contribution is -0.179. The zero-order valence-electron chi connectivity index (χ0n) is 16.8. The number of ether oxygens (including phenoxy) is 6. The first kappa shape index (κ1) is 19.7. The number of phenols is 1. The summed E-state index contributed by atoms with van der Waals surface area (Å²) in [5, 5.41) is 10.4. The van der Waals surface area contributed by atoms with Crippen molar-refractivity contribution in [1.82, 2.24) is 0 Å². The van der Waals surface area contributed by atoms with E-state index in [4.69, 9.17) is 28.4 Å². The summed E-state index contributed by atoms with van der Waals surface area (Å²) in [6.45, 7) is 1.23. The highest BCUT2D eigenvalue weighted by Gasteiger charge is 2.51. The molecular formula is C21H20O9. The third kappa shape index (κ3) is 3.02. The standard InChI is InChI=1S/C21H20O9/c1-9(22)28-21-20-17(11-7-14(26-3)15(27-4)8-13(11)30-21)19(24)18-12(23)5-10(25-2)6-16(18)29-20/h5-8,17,20-21,23H,1-4H3/t17-,20-,21+/m1/s1. The van der Waals surface area contributed by atoms with Crippen LogP contribution in [0.5, 0.6) is 34.5 Å². The summed E-state index contributed by atoms with van der Waals surface area (Å²) in [7, 11) is 4.37. The molecule has 1 N–H and O–H groups in total. The number of hydrogen-bond donors (Lipinski definition) is 1. The summed E-state index contributed by atoms with van der Waals surface area (Å²) in [6, 6.07) is 5.98. The Morgan fingerprint density at radius 2 is 1.67 bits per heavy atom. The Bertz CT molecular complexity index is 1030. The van der Waals surface area contributed by atoms with Crippen molar-refractivity contribution in [1.29, 1.82) is 0 Å². The lowest BCUT2D eigenvalue weighted by Crippen LogP contribution is -2.51. The van der Waals surface area contributed by atoms with Crippen LogP contribution in [0.2, 0.25) is 0 Å². The van der Waals surface area contributed by atoms with E-state index in [2.05, 4.69) is 0 Å². The molecule has 0 fully saturated rings. The first-order valence-electron chi connectivity index (χ1n) is 9.09. The highest BCUT2D eigenvalue weighted by atomic mass is 16.7. The number of carbonyl (C=O) groups is 2. The lowest BCUT2D eigenvalue weighted by atomic mass is 9.81. The zero-order valence-corrected chi connectivity index (χ0v) is 16.8. The maximum Gasteiger partial charge on any atom is 0.305 e. The quantitative estimate of drug-likeness (QED) is 0.752. The van der Waals surface area contributed by atoms with Gasteiger partial charge in [-0.2, -0.15) is 0 Å². The first-order valence-corrected chi connectivity index (χ1v) is 9.09. The fourth-order valence-electron chi connectivity index (χ4n) is 3.75. The number of carbonyl (C=O) groups excluding carboxylic acids is 2. The minimum Gasteiger partial charge on any atom is -0.507 e. The Morgan fingerprint density at radius 1 is 0.967 bits per heavy atom. The topological polar surface area (TPSA) is 110 Å². The smallest absolute Gasteiger partial charge is 0.305 e. The fourth-order valence-corrected chi connectivity index (χ4v) is 3.75. The van der Waals surface area contributed by atoms with Gasteiger partial charge in [-0.3, -0.25) is 9.59 Å². The van der Waals surface area contributed by atoms with Crippen molar-refractivity contribution in [2.24, 2.45) is 0 Å². The van der Waals surface area contributed by atoms with Gasteiger partial charge in [0, 0.05) is 30.7 Å². The van der Waals surface area contributed by atoms with Crippen LogP contribution in [0.1, 0.15) is 28.8 Å². The molecule has 2 aliphatic rings. The van der Waals surface area contributed by atoms with Gasteiger partial charge in [0.05, 0.1) is 27.2 Å². The Balaban J connectivity index is 1.90. The molecule has 0 aliphatic carbocycles. The molecule has 2 aromatic rings. The molecule has 9 nitrogen and oxygen atoms in total. The van der Waals surface area contributed by atoms with Crippen LogP contribution in [0.3, 0.4) is 0 Å². The van der Waals surface area contributed by atoms with Gasteiger partial charge in [-0.25, -0.2) is 0 Å². The third-order valence-corrected chi connectivity index (χ3v) is 5.06. The number of methoxy groups -OCH3 is 3. The monoisotopic (exact) mass is 416 g/mol. The number of aromatic hydroxyl groups is 1. The molecule has 30 heavy (non-hydrogen) atoms. The normalized spacial score (nSPS) is 21.2. The average Bonchev–Trinajstić information content (AvgIpc) is 2.72. The van der Waals surface area contributed by atoms with Gasteiger partial charge < -0.3 is 33.5 Å². The second-order valence-corrected chi connectivity index (χ2v) is 6.78. The van der Waals surface area contributed by atoms with Gasteiger partial charge in [0.1, 0.15) is 28.6 Å². The number of ketones is 1. The van der Waals surface area contributed by atoms with Crippen molar-refractivity contribution in [3.05, 3.63) is 35.4 Å². The van der Waals surface area contributed by atoms with Gasteiger partial charge in [-0.05, 0) is 6.07 Å². The summed E-state index contributed by atoms with van der Waals surface area (Å²) in [5.74, 6) is -0.708. The van der Waals surface area contributed by atoms with Crippen molar-refractivity contribution in [3.63, 3.8) is 0 Å². The summed E-state index contributed by atoms with van der Waals surface area (Å²) in [4.78, 5) is 25.1. The number of benzene rings is 2. The van der Waals surface area contributed by atoms with Crippen LogP contribution in [0.4, 0.5) is 0 Å².